The molecule has 1 aromatic rings. The third-order valence-corrected chi connectivity index (χ3v) is 7.37. The predicted molar refractivity (Wildman–Crippen MR) is 114 cm³/mol. The zero-order valence-corrected chi connectivity index (χ0v) is 17.9. The van der Waals surface area contributed by atoms with Gasteiger partial charge in [-0.25, -0.2) is 0 Å². The van der Waals surface area contributed by atoms with Crippen molar-refractivity contribution in [1.29, 1.82) is 0 Å². The van der Waals surface area contributed by atoms with E-state index >= 15 is 0 Å². The number of fused-ring (bicyclic) bond motifs is 1. The van der Waals surface area contributed by atoms with Crippen molar-refractivity contribution in [3.05, 3.63) is 23.8 Å². The molecule has 0 aromatic heterocycles. The fourth-order valence-corrected chi connectivity index (χ4v) is 5.48. The molecular weight excluding hydrogens is 380 g/mol. The van der Waals surface area contributed by atoms with E-state index in [0.717, 1.165) is 76.5 Å². The fraction of sp³-hybridized carbons (Fsp3) is 0.708. The molecule has 3 saturated heterocycles. The molecule has 6 heteroatoms. The third kappa shape index (κ3) is 4.30. The number of hydrogen-bond donors (Lipinski definition) is 0. The molecule has 164 valence electrons. The van der Waals surface area contributed by atoms with Gasteiger partial charge in [0.1, 0.15) is 13.2 Å². The molecule has 0 N–H and O–H groups in total. The van der Waals surface area contributed by atoms with Gasteiger partial charge < -0.3 is 19.1 Å². The van der Waals surface area contributed by atoms with E-state index in [2.05, 4.69) is 21.9 Å². The summed E-state index contributed by atoms with van der Waals surface area (Å²) in [6.07, 6.45) is 7.59. The first kappa shape index (κ1) is 20.1. The zero-order valence-electron chi connectivity index (χ0n) is 17.9. The molecule has 4 aliphatic heterocycles. The molecule has 6 nitrogen and oxygen atoms in total. The summed E-state index contributed by atoms with van der Waals surface area (Å²) >= 11 is 0. The van der Waals surface area contributed by atoms with Crippen molar-refractivity contribution in [1.82, 2.24) is 9.80 Å². The normalized spacial score (nSPS) is 24.7. The number of amides is 1. The van der Waals surface area contributed by atoms with Crippen LogP contribution in [-0.2, 0) is 16.1 Å². The van der Waals surface area contributed by atoms with Gasteiger partial charge in [-0.05, 0) is 75.7 Å². The average Bonchev–Trinajstić information content (AvgIpc) is 2.80. The summed E-state index contributed by atoms with van der Waals surface area (Å²) in [4.78, 5) is 17.7. The zero-order chi connectivity index (χ0) is 20.4. The van der Waals surface area contributed by atoms with E-state index in [4.69, 9.17) is 14.2 Å². The topological polar surface area (TPSA) is 51.2 Å². The Morgan fingerprint density at radius 2 is 1.70 bits per heavy atom. The molecule has 3 fully saturated rings. The maximum absolute atomic E-state index is 13.1. The van der Waals surface area contributed by atoms with Gasteiger partial charge in [-0.15, -0.1) is 0 Å². The van der Waals surface area contributed by atoms with Crippen LogP contribution in [0.1, 0.15) is 50.5 Å². The first-order valence-corrected chi connectivity index (χ1v) is 11.7. The van der Waals surface area contributed by atoms with Crippen LogP contribution in [0.4, 0.5) is 0 Å². The van der Waals surface area contributed by atoms with Gasteiger partial charge in [-0.1, -0.05) is 6.07 Å². The van der Waals surface area contributed by atoms with Crippen molar-refractivity contribution in [3.8, 4) is 11.5 Å². The van der Waals surface area contributed by atoms with Crippen LogP contribution >= 0.6 is 0 Å². The first-order chi connectivity index (χ1) is 14.7. The minimum atomic E-state index is 0.0715. The highest BCUT2D eigenvalue weighted by Gasteiger charge is 2.39. The number of likely N-dealkylation sites (tertiary alicyclic amines) is 2. The molecule has 4 heterocycles. The Morgan fingerprint density at radius 3 is 2.43 bits per heavy atom. The molecule has 1 aromatic carbocycles. The van der Waals surface area contributed by atoms with Gasteiger partial charge in [-0.3, -0.25) is 9.69 Å². The van der Waals surface area contributed by atoms with Crippen LogP contribution in [0, 0.1) is 5.92 Å². The minimum absolute atomic E-state index is 0.0715. The Labute approximate surface area is 179 Å². The van der Waals surface area contributed by atoms with Crippen molar-refractivity contribution < 1.29 is 19.0 Å². The molecule has 4 aliphatic rings. The molecule has 0 bridgehead atoms. The van der Waals surface area contributed by atoms with Crippen molar-refractivity contribution in [2.75, 3.05) is 46.0 Å². The summed E-state index contributed by atoms with van der Waals surface area (Å²) in [5.41, 5.74) is 1.32. The Hall–Kier alpha value is -1.79. The molecule has 0 radical (unpaired) electrons. The van der Waals surface area contributed by atoms with Gasteiger partial charge in [-0.2, -0.15) is 0 Å². The first-order valence-electron chi connectivity index (χ1n) is 11.7. The monoisotopic (exact) mass is 414 g/mol. The van der Waals surface area contributed by atoms with Gasteiger partial charge in [0, 0.05) is 32.2 Å². The van der Waals surface area contributed by atoms with Crippen molar-refractivity contribution in [3.63, 3.8) is 0 Å². The maximum Gasteiger partial charge on any atom is 0.225 e. The number of carbonyl (C=O) groups excluding carboxylic acids is 1. The molecule has 5 rings (SSSR count). The van der Waals surface area contributed by atoms with Crippen LogP contribution in [0.15, 0.2) is 18.2 Å². The molecule has 30 heavy (non-hydrogen) atoms. The minimum Gasteiger partial charge on any atom is -0.486 e. The fourth-order valence-electron chi connectivity index (χ4n) is 5.48. The molecular formula is C24H34N2O4. The molecule has 0 saturated carbocycles. The smallest absolute Gasteiger partial charge is 0.225 e. The molecule has 1 spiro atoms. The summed E-state index contributed by atoms with van der Waals surface area (Å²) < 4.78 is 17.4. The van der Waals surface area contributed by atoms with Gasteiger partial charge in [0.15, 0.2) is 11.5 Å². The highest BCUT2D eigenvalue weighted by atomic mass is 16.6. The van der Waals surface area contributed by atoms with E-state index in [1.165, 1.54) is 24.8 Å². The highest BCUT2D eigenvalue weighted by molar-refractivity contribution is 5.79. The number of nitrogens with zero attached hydrogens (tertiary/aromatic N) is 2. The van der Waals surface area contributed by atoms with Crippen molar-refractivity contribution in [2.45, 2.75) is 57.1 Å². The van der Waals surface area contributed by atoms with Crippen molar-refractivity contribution in [2.24, 2.45) is 5.92 Å². The summed E-state index contributed by atoms with van der Waals surface area (Å²) in [6, 6.07) is 6.24. The van der Waals surface area contributed by atoms with E-state index in [-0.39, 0.29) is 11.5 Å². The van der Waals surface area contributed by atoms with Gasteiger partial charge in [0.05, 0.1) is 5.60 Å². The average molecular weight is 415 g/mol. The molecule has 0 atom stereocenters. The van der Waals surface area contributed by atoms with Crippen LogP contribution in [0.25, 0.3) is 0 Å². The molecule has 0 aliphatic carbocycles. The Morgan fingerprint density at radius 1 is 0.933 bits per heavy atom. The van der Waals surface area contributed by atoms with E-state index in [1.54, 1.807) is 0 Å². The largest absolute Gasteiger partial charge is 0.486 e. The second-order valence-electron chi connectivity index (χ2n) is 9.34. The third-order valence-electron chi connectivity index (χ3n) is 7.37. The lowest BCUT2D eigenvalue weighted by Gasteiger charge is -2.45. The number of piperidine rings is 2. The van der Waals surface area contributed by atoms with E-state index in [0.29, 0.717) is 19.1 Å². The number of benzene rings is 1. The quantitative estimate of drug-likeness (QED) is 0.760. The summed E-state index contributed by atoms with van der Waals surface area (Å²) in [6.45, 7) is 6.74. The lowest BCUT2D eigenvalue weighted by atomic mass is 9.84. The van der Waals surface area contributed by atoms with Crippen LogP contribution in [-0.4, -0.2) is 67.3 Å². The second kappa shape index (κ2) is 8.75. The molecule has 0 unspecified atom stereocenters. The second-order valence-corrected chi connectivity index (χ2v) is 9.34. The number of hydrogen-bond acceptors (Lipinski definition) is 5. The lowest BCUT2D eigenvalue weighted by Crippen LogP contribution is -2.51. The number of carbonyl (C=O) groups is 1. The standard InChI is InChI=1S/C24H34N2O4/c27-23(26-12-8-24(9-13-26)7-1-2-14-30-24)20-5-10-25(11-6-20)18-19-3-4-21-22(17-19)29-16-15-28-21/h3-4,17,20H,1-2,5-16,18H2. The lowest BCUT2D eigenvalue weighted by molar-refractivity contribution is -0.147. The van der Waals surface area contributed by atoms with Gasteiger partial charge in [0.25, 0.3) is 0 Å². The summed E-state index contributed by atoms with van der Waals surface area (Å²) in [5, 5.41) is 0. The summed E-state index contributed by atoms with van der Waals surface area (Å²) in [7, 11) is 0. The van der Waals surface area contributed by atoms with Crippen LogP contribution in [0.5, 0.6) is 11.5 Å². The Balaban J connectivity index is 1.10. The van der Waals surface area contributed by atoms with E-state index in [9.17, 15) is 4.79 Å². The number of ether oxygens (including phenoxy) is 3. The van der Waals surface area contributed by atoms with Crippen molar-refractivity contribution >= 4 is 5.91 Å². The predicted octanol–water partition coefficient (Wildman–Crippen LogP) is 3.23. The van der Waals surface area contributed by atoms with Crippen LogP contribution < -0.4 is 9.47 Å². The van der Waals surface area contributed by atoms with Crippen LogP contribution in [0.3, 0.4) is 0 Å². The molecule has 1 amide bonds. The summed E-state index contributed by atoms with van der Waals surface area (Å²) in [5.74, 6) is 2.26. The maximum atomic E-state index is 13.1. The SMILES string of the molecule is O=C(C1CCN(Cc2ccc3c(c2)OCCO3)CC1)N1CCC2(CCCCO2)CC1. The Bertz CT molecular complexity index is 744. The number of rotatable bonds is 3. The highest BCUT2D eigenvalue weighted by Crippen LogP contribution is 2.36. The van der Waals surface area contributed by atoms with Gasteiger partial charge in [0.2, 0.25) is 5.91 Å². The van der Waals surface area contributed by atoms with E-state index < -0.39 is 0 Å². The Kier molecular flexibility index (Phi) is 5.87. The van der Waals surface area contributed by atoms with Gasteiger partial charge >= 0.3 is 0 Å². The van der Waals surface area contributed by atoms with E-state index in [1.807, 2.05) is 6.07 Å². The van der Waals surface area contributed by atoms with Crippen LogP contribution in [0.2, 0.25) is 0 Å².